The summed E-state index contributed by atoms with van der Waals surface area (Å²) < 4.78 is 0. The Morgan fingerprint density at radius 3 is 2.88 bits per heavy atom. The van der Waals surface area contributed by atoms with Crippen molar-refractivity contribution >= 4 is 11.9 Å². The van der Waals surface area contributed by atoms with Crippen LogP contribution in [0.5, 0.6) is 0 Å². The third-order valence-corrected chi connectivity index (χ3v) is 2.62. The summed E-state index contributed by atoms with van der Waals surface area (Å²) in [5.41, 5.74) is 0.890. The fraction of sp³-hybridized carbons (Fsp3) is 0.364. The molecule has 1 saturated carbocycles. The minimum absolute atomic E-state index is 0.224. The maximum absolute atomic E-state index is 11.5. The second kappa shape index (κ2) is 4.30. The van der Waals surface area contributed by atoms with Crippen molar-refractivity contribution in [2.45, 2.75) is 13.0 Å². The van der Waals surface area contributed by atoms with Gasteiger partial charge in [0.05, 0.1) is 0 Å². The first kappa shape index (κ1) is 10.6. The van der Waals surface area contributed by atoms with Crippen LogP contribution >= 0.6 is 0 Å². The molecule has 2 rings (SSSR count). The van der Waals surface area contributed by atoms with Crippen LogP contribution in [0, 0.1) is 11.8 Å². The Balaban J connectivity index is 1.80. The fourth-order valence-corrected chi connectivity index (χ4v) is 1.57. The zero-order valence-corrected chi connectivity index (χ0v) is 8.55. The van der Waals surface area contributed by atoms with Gasteiger partial charge in [-0.1, -0.05) is 6.07 Å². The van der Waals surface area contributed by atoms with Crippen molar-refractivity contribution in [2.24, 2.45) is 11.8 Å². The number of carboxylic acids is 1. The molecule has 1 aliphatic carbocycles. The summed E-state index contributed by atoms with van der Waals surface area (Å²) in [6, 6.07) is 3.62. The summed E-state index contributed by atoms with van der Waals surface area (Å²) in [5, 5.41) is 13.1. The molecule has 0 aromatic carbocycles. The van der Waals surface area contributed by atoms with Gasteiger partial charge in [0.25, 0.3) is 0 Å². The van der Waals surface area contributed by atoms with E-state index in [4.69, 9.17) is 0 Å². The van der Waals surface area contributed by atoms with Crippen LogP contribution in [0.15, 0.2) is 24.5 Å². The predicted octanol–water partition coefficient (Wildman–Crippen LogP) is -0.916. The van der Waals surface area contributed by atoms with Crippen molar-refractivity contribution < 1.29 is 14.7 Å². The summed E-state index contributed by atoms with van der Waals surface area (Å²) >= 11 is 0. The van der Waals surface area contributed by atoms with E-state index in [1.165, 1.54) is 0 Å². The molecule has 1 aromatic heterocycles. The Morgan fingerprint density at radius 1 is 1.50 bits per heavy atom. The van der Waals surface area contributed by atoms with Crippen molar-refractivity contribution in [1.82, 2.24) is 10.3 Å². The topological polar surface area (TPSA) is 82.1 Å². The highest BCUT2D eigenvalue weighted by molar-refractivity contribution is 5.88. The highest BCUT2D eigenvalue weighted by Gasteiger charge is 2.43. The molecule has 84 valence electrons. The van der Waals surface area contributed by atoms with Gasteiger partial charge in [0.15, 0.2) is 0 Å². The van der Waals surface area contributed by atoms with Gasteiger partial charge in [0, 0.05) is 36.7 Å². The summed E-state index contributed by atoms with van der Waals surface area (Å²) in [6.07, 6.45) is 3.70. The number of hydrogen-bond donors (Lipinski definition) is 1. The van der Waals surface area contributed by atoms with Crippen molar-refractivity contribution in [3.63, 3.8) is 0 Å². The number of rotatable bonds is 4. The second-order valence-corrected chi connectivity index (χ2v) is 3.85. The lowest BCUT2D eigenvalue weighted by molar-refractivity contribution is -0.308. The highest BCUT2D eigenvalue weighted by Crippen LogP contribution is 2.37. The largest absolute Gasteiger partial charge is 0.550 e. The van der Waals surface area contributed by atoms with Crippen molar-refractivity contribution in [1.29, 1.82) is 0 Å². The predicted molar refractivity (Wildman–Crippen MR) is 52.7 cm³/mol. The van der Waals surface area contributed by atoms with Crippen molar-refractivity contribution in [3.8, 4) is 0 Å². The summed E-state index contributed by atoms with van der Waals surface area (Å²) in [4.78, 5) is 25.8. The van der Waals surface area contributed by atoms with Crippen LogP contribution in [0.4, 0.5) is 0 Å². The van der Waals surface area contributed by atoms with Gasteiger partial charge in [-0.25, -0.2) is 0 Å². The lowest BCUT2D eigenvalue weighted by Gasteiger charge is -2.04. The minimum Gasteiger partial charge on any atom is -0.550 e. The molecule has 1 amide bonds. The zero-order valence-electron chi connectivity index (χ0n) is 8.55. The van der Waals surface area contributed by atoms with Crippen molar-refractivity contribution in [3.05, 3.63) is 30.1 Å². The Bertz CT molecular complexity index is 405. The maximum Gasteiger partial charge on any atom is 0.224 e. The molecule has 0 bridgehead atoms. The first-order valence-corrected chi connectivity index (χ1v) is 5.06. The number of amides is 1. The lowest BCUT2D eigenvalue weighted by atomic mass is 10.2. The van der Waals surface area contributed by atoms with E-state index in [1.807, 2.05) is 6.07 Å². The van der Waals surface area contributed by atoms with Crippen LogP contribution in [0.1, 0.15) is 12.0 Å². The molecule has 1 N–H and O–H groups in total. The molecule has 5 nitrogen and oxygen atoms in total. The lowest BCUT2D eigenvalue weighted by Crippen LogP contribution is -2.30. The highest BCUT2D eigenvalue weighted by atomic mass is 16.4. The van der Waals surface area contributed by atoms with Gasteiger partial charge in [-0.3, -0.25) is 9.78 Å². The molecule has 0 aliphatic heterocycles. The summed E-state index contributed by atoms with van der Waals surface area (Å²) in [7, 11) is 0. The average molecular weight is 219 g/mol. The molecule has 0 unspecified atom stereocenters. The molecular weight excluding hydrogens is 208 g/mol. The van der Waals surface area contributed by atoms with Crippen LogP contribution in [-0.4, -0.2) is 16.9 Å². The Kier molecular flexibility index (Phi) is 2.85. The fourth-order valence-electron chi connectivity index (χ4n) is 1.57. The first-order chi connectivity index (χ1) is 7.68. The molecule has 2 atom stereocenters. The first-order valence-electron chi connectivity index (χ1n) is 5.06. The molecule has 1 heterocycles. The number of aromatic nitrogens is 1. The molecule has 5 heteroatoms. The number of carboxylic acid groups (broad SMARTS) is 1. The monoisotopic (exact) mass is 219 g/mol. The molecular formula is C11H11N2O3-. The van der Waals surface area contributed by atoms with Gasteiger partial charge in [-0.2, -0.15) is 0 Å². The molecule has 1 fully saturated rings. The number of carbonyl (C=O) groups excluding carboxylic acids is 2. The third kappa shape index (κ3) is 2.36. The van der Waals surface area contributed by atoms with Crippen LogP contribution in [0.25, 0.3) is 0 Å². The number of hydrogen-bond acceptors (Lipinski definition) is 4. The van der Waals surface area contributed by atoms with E-state index in [1.54, 1.807) is 18.5 Å². The molecule has 16 heavy (non-hydrogen) atoms. The third-order valence-electron chi connectivity index (χ3n) is 2.62. The van der Waals surface area contributed by atoms with Gasteiger partial charge in [0.2, 0.25) is 5.91 Å². The molecule has 0 radical (unpaired) electrons. The average Bonchev–Trinajstić information content (AvgIpc) is 3.07. The minimum atomic E-state index is -1.14. The van der Waals surface area contributed by atoms with Crippen LogP contribution in [0.3, 0.4) is 0 Å². The Labute approximate surface area is 92.5 Å². The van der Waals surface area contributed by atoms with E-state index in [2.05, 4.69) is 10.3 Å². The van der Waals surface area contributed by atoms with E-state index in [9.17, 15) is 14.7 Å². The Morgan fingerprint density at radius 2 is 2.31 bits per heavy atom. The smallest absolute Gasteiger partial charge is 0.224 e. The van der Waals surface area contributed by atoms with Crippen molar-refractivity contribution in [2.75, 3.05) is 0 Å². The molecule has 1 aromatic rings. The van der Waals surface area contributed by atoms with Crippen LogP contribution in [-0.2, 0) is 16.1 Å². The molecule has 0 saturated heterocycles. The number of nitrogens with one attached hydrogen (secondary N) is 1. The van der Waals surface area contributed by atoms with Crippen LogP contribution in [0.2, 0.25) is 0 Å². The van der Waals surface area contributed by atoms with E-state index in [-0.39, 0.29) is 5.91 Å². The number of nitrogens with zero attached hydrogens (tertiary/aromatic N) is 1. The molecule has 0 spiro atoms. The van der Waals surface area contributed by atoms with E-state index >= 15 is 0 Å². The number of carbonyl (C=O) groups is 2. The SMILES string of the molecule is O=C([O-])[C@H]1C[C@H]1C(=O)NCc1cccnc1. The van der Waals surface area contributed by atoms with E-state index in [0.717, 1.165) is 5.56 Å². The Hall–Kier alpha value is -1.91. The van der Waals surface area contributed by atoms with Crippen LogP contribution < -0.4 is 10.4 Å². The maximum atomic E-state index is 11.5. The quantitative estimate of drug-likeness (QED) is 0.710. The second-order valence-electron chi connectivity index (χ2n) is 3.85. The van der Waals surface area contributed by atoms with Gasteiger partial charge >= 0.3 is 0 Å². The van der Waals surface area contributed by atoms with Gasteiger partial charge in [-0.15, -0.1) is 0 Å². The summed E-state index contributed by atoms with van der Waals surface area (Å²) in [6.45, 7) is 0.378. The molecule has 1 aliphatic rings. The summed E-state index contributed by atoms with van der Waals surface area (Å²) in [5.74, 6) is -2.38. The standard InChI is InChI=1S/C11H12N2O3/c14-10(8-4-9(8)11(15)16)13-6-7-2-1-3-12-5-7/h1-3,5,8-9H,4,6H2,(H,13,14)(H,15,16)/p-1/t8-,9+/m1/s1. The van der Waals surface area contributed by atoms with Gasteiger partial charge in [0.1, 0.15) is 0 Å². The van der Waals surface area contributed by atoms with Gasteiger partial charge in [-0.05, 0) is 18.1 Å². The van der Waals surface area contributed by atoms with E-state index in [0.29, 0.717) is 13.0 Å². The van der Waals surface area contributed by atoms with Gasteiger partial charge < -0.3 is 15.2 Å². The zero-order chi connectivity index (χ0) is 11.5. The number of pyridine rings is 1. The normalized spacial score (nSPS) is 22.5. The van der Waals surface area contributed by atoms with E-state index < -0.39 is 17.8 Å². The number of aliphatic carboxylic acids is 1.